The highest BCUT2D eigenvalue weighted by Gasteiger charge is 2.28. The van der Waals surface area contributed by atoms with Gasteiger partial charge in [0.05, 0.1) is 12.6 Å². The van der Waals surface area contributed by atoms with E-state index in [1.54, 1.807) is 18.3 Å². The maximum absolute atomic E-state index is 13.3. The number of H-pyrrole nitrogens is 1. The van der Waals surface area contributed by atoms with Crippen molar-refractivity contribution in [2.45, 2.75) is 43.8 Å². The van der Waals surface area contributed by atoms with Crippen molar-refractivity contribution in [3.05, 3.63) is 65.9 Å². The number of fused-ring (bicyclic) bond motifs is 1. The highest BCUT2D eigenvalue weighted by molar-refractivity contribution is 5.93. The molecule has 42 heavy (non-hydrogen) atoms. The first kappa shape index (κ1) is 31.4. The Balaban J connectivity index is 1.65. The minimum Gasteiger partial charge on any atom is -0.508 e. The van der Waals surface area contributed by atoms with Crippen molar-refractivity contribution in [3.8, 4) is 5.75 Å². The average Bonchev–Trinajstić information content (AvgIpc) is 3.36. The molecule has 0 aliphatic carbocycles. The first-order valence-corrected chi connectivity index (χ1v) is 13.3. The number of benzene rings is 2. The molecule has 0 unspecified atom stereocenters. The Bertz CT molecular complexity index is 1420. The van der Waals surface area contributed by atoms with E-state index < -0.39 is 48.4 Å². The summed E-state index contributed by atoms with van der Waals surface area (Å²) in [6.45, 7) is -0.160. The Kier molecular flexibility index (Phi) is 11.3. The number of amides is 3. The molecule has 0 bridgehead atoms. The molecule has 3 aromatic rings. The lowest BCUT2D eigenvalue weighted by Crippen LogP contribution is -2.54. The molecule has 14 heteroatoms. The second-order valence-electron chi connectivity index (χ2n) is 9.73. The van der Waals surface area contributed by atoms with E-state index in [2.05, 4.69) is 25.9 Å². The normalized spacial score (nSPS) is 13.0. The minimum absolute atomic E-state index is 0.00208. The van der Waals surface area contributed by atoms with E-state index in [1.807, 2.05) is 24.3 Å². The molecule has 3 rings (SSSR count). The van der Waals surface area contributed by atoms with Gasteiger partial charge in [-0.05, 0) is 42.2 Å². The van der Waals surface area contributed by atoms with Gasteiger partial charge in [-0.2, -0.15) is 0 Å². The fraction of sp³-hybridized carbons (Fsp3) is 0.321. The van der Waals surface area contributed by atoms with Crippen LogP contribution in [0.1, 0.15) is 24.0 Å². The zero-order valence-electron chi connectivity index (χ0n) is 22.9. The van der Waals surface area contributed by atoms with Gasteiger partial charge in [-0.15, -0.1) is 0 Å². The number of aliphatic carboxylic acids is 1. The minimum atomic E-state index is -1.28. The van der Waals surface area contributed by atoms with E-state index in [-0.39, 0.29) is 31.0 Å². The molecule has 1 heterocycles. The van der Waals surface area contributed by atoms with Crippen molar-refractivity contribution in [3.63, 3.8) is 0 Å². The standard InChI is InChI=1S/C28H36N8O6/c29-20(5-3-11-32-28(30)31)25(39)34-15-24(38)35-22(12-16-7-9-18(37)10-8-16)26(40)36-23(27(41)42)13-17-14-33-21-6-2-1-4-19(17)21/h1-2,4,6-10,14,20,22-23,33,37H,3,5,11-13,15,29H2,(H,34,39)(H,35,38)(H,36,40)(H,41,42)(H4,30,31,32)/t20-,22-,23-/m0/s1. The van der Waals surface area contributed by atoms with Crippen LogP contribution in [0, 0.1) is 0 Å². The maximum Gasteiger partial charge on any atom is 0.326 e. The number of carbonyl (C=O) groups excluding carboxylic acids is 3. The number of aromatic nitrogens is 1. The third-order valence-corrected chi connectivity index (χ3v) is 6.47. The fourth-order valence-electron chi connectivity index (χ4n) is 4.26. The number of hydrogen-bond donors (Lipinski definition) is 9. The molecule has 0 radical (unpaired) electrons. The largest absolute Gasteiger partial charge is 0.508 e. The van der Waals surface area contributed by atoms with Gasteiger partial charge in [0, 0.05) is 36.5 Å². The number of carboxylic acids is 1. The van der Waals surface area contributed by atoms with E-state index in [1.165, 1.54) is 12.1 Å². The van der Waals surface area contributed by atoms with Crippen LogP contribution >= 0.6 is 0 Å². The zero-order chi connectivity index (χ0) is 30.6. The van der Waals surface area contributed by atoms with Crippen molar-refractivity contribution in [1.29, 1.82) is 0 Å². The summed E-state index contributed by atoms with van der Waals surface area (Å²) in [5.74, 6) is -3.28. The van der Waals surface area contributed by atoms with Gasteiger partial charge in [0.25, 0.3) is 0 Å². The smallest absolute Gasteiger partial charge is 0.326 e. The number of phenols is 1. The molecule has 3 atom stereocenters. The average molecular weight is 581 g/mol. The number of carbonyl (C=O) groups is 4. The number of rotatable bonds is 15. The van der Waals surface area contributed by atoms with Crippen LogP contribution < -0.4 is 33.2 Å². The SMILES string of the molecule is NC(N)=NCCC[C@H](N)C(=O)NCC(=O)N[C@@H](Cc1ccc(O)cc1)C(=O)N[C@@H](Cc1c[nH]c2ccccc12)C(=O)O. The molecule has 0 aliphatic heterocycles. The molecule has 0 spiro atoms. The Morgan fingerprint density at radius 3 is 2.33 bits per heavy atom. The fourth-order valence-corrected chi connectivity index (χ4v) is 4.26. The summed E-state index contributed by atoms with van der Waals surface area (Å²) in [6, 6.07) is 10.0. The number of nitrogens with one attached hydrogen (secondary N) is 4. The summed E-state index contributed by atoms with van der Waals surface area (Å²) < 4.78 is 0. The van der Waals surface area contributed by atoms with Gasteiger partial charge in [0.2, 0.25) is 17.7 Å². The van der Waals surface area contributed by atoms with Gasteiger partial charge in [-0.25, -0.2) is 4.79 Å². The molecule has 1 aromatic heterocycles. The van der Waals surface area contributed by atoms with Gasteiger partial charge in [0.1, 0.15) is 17.8 Å². The number of carboxylic acid groups (broad SMARTS) is 1. The quantitative estimate of drug-likeness (QED) is 0.0619. The highest BCUT2D eigenvalue weighted by atomic mass is 16.4. The molecule has 0 aliphatic rings. The molecule has 2 aromatic carbocycles. The lowest BCUT2D eigenvalue weighted by atomic mass is 10.0. The topological polar surface area (TPSA) is 251 Å². The molecular formula is C28H36N8O6. The van der Waals surface area contributed by atoms with Crippen LogP contribution in [-0.2, 0) is 32.0 Å². The van der Waals surface area contributed by atoms with Crippen LogP contribution in [-0.4, -0.2) is 76.1 Å². The second-order valence-corrected chi connectivity index (χ2v) is 9.73. The Morgan fingerprint density at radius 1 is 0.929 bits per heavy atom. The monoisotopic (exact) mass is 580 g/mol. The summed E-state index contributed by atoms with van der Waals surface area (Å²) in [6.07, 6.45) is 2.42. The molecule has 0 saturated heterocycles. The number of phenolic OH excluding ortho intramolecular Hbond substituents is 1. The third-order valence-electron chi connectivity index (χ3n) is 6.47. The second kappa shape index (κ2) is 15.0. The predicted octanol–water partition coefficient (Wildman–Crippen LogP) is -0.790. The van der Waals surface area contributed by atoms with Crippen LogP contribution in [0.5, 0.6) is 5.75 Å². The highest BCUT2D eigenvalue weighted by Crippen LogP contribution is 2.19. The predicted molar refractivity (Wildman–Crippen MR) is 156 cm³/mol. The number of aromatic amines is 1. The number of hydrogen-bond acceptors (Lipinski definition) is 7. The third kappa shape index (κ3) is 9.52. The Hall–Kier alpha value is -5.11. The van der Waals surface area contributed by atoms with Crippen LogP contribution in [0.4, 0.5) is 0 Å². The van der Waals surface area contributed by atoms with E-state index in [9.17, 15) is 29.4 Å². The number of guanidine groups is 1. The summed E-state index contributed by atoms with van der Waals surface area (Å²) in [5.41, 5.74) is 18.5. The number of nitrogens with zero attached hydrogens (tertiary/aromatic N) is 1. The first-order chi connectivity index (χ1) is 20.0. The van der Waals surface area contributed by atoms with E-state index in [4.69, 9.17) is 17.2 Å². The van der Waals surface area contributed by atoms with Gasteiger partial charge in [-0.3, -0.25) is 19.4 Å². The van der Waals surface area contributed by atoms with Crippen LogP contribution in [0.3, 0.4) is 0 Å². The van der Waals surface area contributed by atoms with Gasteiger partial charge in [-0.1, -0.05) is 30.3 Å². The van der Waals surface area contributed by atoms with Gasteiger partial charge in [0.15, 0.2) is 5.96 Å². The summed E-state index contributed by atoms with van der Waals surface area (Å²) in [4.78, 5) is 57.3. The molecule has 3 amide bonds. The Morgan fingerprint density at radius 2 is 1.64 bits per heavy atom. The number of para-hydroxylation sites is 1. The lowest BCUT2D eigenvalue weighted by molar-refractivity contribution is -0.142. The number of aliphatic imine (C=N–C) groups is 1. The summed E-state index contributed by atoms with van der Waals surface area (Å²) in [7, 11) is 0. The molecule has 224 valence electrons. The van der Waals surface area contributed by atoms with Crippen LogP contribution in [0.25, 0.3) is 10.9 Å². The van der Waals surface area contributed by atoms with Crippen molar-refractivity contribution in [2.75, 3.05) is 13.1 Å². The maximum atomic E-state index is 13.3. The van der Waals surface area contributed by atoms with E-state index >= 15 is 0 Å². The molecule has 0 saturated carbocycles. The first-order valence-electron chi connectivity index (χ1n) is 13.3. The molecule has 14 nitrogen and oxygen atoms in total. The summed E-state index contributed by atoms with van der Waals surface area (Å²) in [5, 5.41) is 27.8. The number of aromatic hydroxyl groups is 1. The van der Waals surface area contributed by atoms with Crippen molar-refractivity contribution >= 4 is 40.6 Å². The van der Waals surface area contributed by atoms with E-state index in [0.717, 1.165) is 10.9 Å². The van der Waals surface area contributed by atoms with Crippen LogP contribution in [0.15, 0.2) is 59.7 Å². The molecular weight excluding hydrogens is 544 g/mol. The zero-order valence-corrected chi connectivity index (χ0v) is 22.9. The summed E-state index contributed by atoms with van der Waals surface area (Å²) >= 11 is 0. The van der Waals surface area contributed by atoms with Gasteiger partial charge >= 0.3 is 5.97 Å². The number of nitrogens with two attached hydrogens (primary N) is 3. The van der Waals surface area contributed by atoms with E-state index in [0.29, 0.717) is 24.1 Å². The molecule has 0 fully saturated rings. The van der Waals surface area contributed by atoms with Crippen molar-refractivity contribution < 1.29 is 29.4 Å². The van der Waals surface area contributed by atoms with Crippen molar-refractivity contribution in [1.82, 2.24) is 20.9 Å². The van der Waals surface area contributed by atoms with Gasteiger partial charge < -0.3 is 48.3 Å². The van der Waals surface area contributed by atoms with Crippen LogP contribution in [0.2, 0.25) is 0 Å². The molecule has 12 N–H and O–H groups in total. The Labute approximate surface area is 241 Å². The van der Waals surface area contributed by atoms with Crippen molar-refractivity contribution in [2.24, 2.45) is 22.2 Å². The lowest BCUT2D eigenvalue weighted by Gasteiger charge is -2.22.